The van der Waals surface area contributed by atoms with Crippen LogP contribution in [0.2, 0.25) is 0 Å². The van der Waals surface area contributed by atoms with Crippen LogP contribution >= 0.6 is 0 Å². The molecule has 6 heteroatoms. The number of carbonyl (C=O) groups is 1. The summed E-state index contributed by atoms with van der Waals surface area (Å²) in [4.78, 5) is 13.9. The van der Waals surface area contributed by atoms with Crippen LogP contribution in [0.4, 0.5) is 0 Å². The lowest BCUT2D eigenvalue weighted by Gasteiger charge is -2.26. The summed E-state index contributed by atoms with van der Waals surface area (Å²) in [5.74, 6) is -0.125. The number of hydrogen-bond acceptors (Lipinski definition) is 3. The van der Waals surface area contributed by atoms with E-state index in [4.69, 9.17) is 5.14 Å². The van der Waals surface area contributed by atoms with E-state index in [0.717, 1.165) is 32.4 Å². The Labute approximate surface area is 107 Å². The molecule has 0 unspecified atom stereocenters. The molecule has 1 aromatic carbocycles. The zero-order valence-corrected chi connectivity index (χ0v) is 10.8. The van der Waals surface area contributed by atoms with E-state index in [0.29, 0.717) is 5.56 Å². The molecule has 2 N–H and O–H groups in total. The quantitative estimate of drug-likeness (QED) is 0.867. The molecule has 0 atom stereocenters. The zero-order chi connectivity index (χ0) is 13.2. The third-order valence-electron chi connectivity index (χ3n) is 3.05. The molecular weight excluding hydrogens is 252 g/mol. The highest BCUT2D eigenvalue weighted by molar-refractivity contribution is 7.89. The average molecular weight is 268 g/mol. The highest BCUT2D eigenvalue weighted by Gasteiger charge is 2.19. The van der Waals surface area contributed by atoms with Gasteiger partial charge in [-0.25, -0.2) is 13.6 Å². The summed E-state index contributed by atoms with van der Waals surface area (Å²) in [6.45, 7) is 1.47. The Morgan fingerprint density at radius 2 is 1.83 bits per heavy atom. The number of benzene rings is 1. The van der Waals surface area contributed by atoms with E-state index in [9.17, 15) is 13.2 Å². The van der Waals surface area contributed by atoms with Gasteiger partial charge in [0.05, 0.1) is 4.90 Å². The molecule has 1 heterocycles. The molecule has 1 aliphatic heterocycles. The molecular formula is C12H16N2O3S. The number of amides is 1. The topological polar surface area (TPSA) is 80.5 Å². The second kappa shape index (κ2) is 5.07. The summed E-state index contributed by atoms with van der Waals surface area (Å²) in [7, 11) is -3.76. The summed E-state index contributed by atoms with van der Waals surface area (Å²) in [6, 6.07) is 5.89. The predicted octanol–water partition coefficient (Wildman–Crippen LogP) is 0.960. The molecule has 1 saturated heterocycles. The number of carbonyl (C=O) groups excluding carboxylic acids is 1. The van der Waals surface area contributed by atoms with E-state index in [1.807, 2.05) is 0 Å². The first-order chi connectivity index (χ1) is 8.48. The van der Waals surface area contributed by atoms with Crippen LogP contribution in [0.3, 0.4) is 0 Å². The molecule has 0 spiro atoms. The van der Waals surface area contributed by atoms with E-state index < -0.39 is 10.0 Å². The third-order valence-corrected chi connectivity index (χ3v) is 3.96. The number of likely N-dealkylation sites (tertiary alicyclic amines) is 1. The van der Waals surface area contributed by atoms with Gasteiger partial charge in [-0.15, -0.1) is 0 Å². The minimum Gasteiger partial charge on any atom is -0.339 e. The molecule has 0 aliphatic carbocycles. The van der Waals surface area contributed by atoms with Gasteiger partial charge in [-0.1, -0.05) is 6.07 Å². The van der Waals surface area contributed by atoms with Crippen molar-refractivity contribution in [1.82, 2.24) is 4.90 Å². The van der Waals surface area contributed by atoms with Crippen molar-refractivity contribution in [1.29, 1.82) is 0 Å². The Kier molecular flexibility index (Phi) is 3.68. The van der Waals surface area contributed by atoms with Crippen molar-refractivity contribution in [3.05, 3.63) is 29.8 Å². The molecule has 18 heavy (non-hydrogen) atoms. The molecule has 1 aliphatic rings. The summed E-state index contributed by atoms with van der Waals surface area (Å²) >= 11 is 0. The first kappa shape index (κ1) is 13.0. The van der Waals surface area contributed by atoms with E-state index in [-0.39, 0.29) is 10.8 Å². The van der Waals surface area contributed by atoms with Crippen LogP contribution in [0.1, 0.15) is 29.6 Å². The van der Waals surface area contributed by atoms with Crippen molar-refractivity contribution >= 4 is 15.9 Å². The smallest absolute Gasteiger partial charge is 0.253 e. The van der Waals surface area contributed by atoms with Gasteiger partial charge in [0.15, 0.2) is 0 Å². The van der Waals surface area contributed by atoms with E-state index >= 15 is 0 Å². The molecule has 1 aromatic rings. The number of rotatable bonds is 2. The van der Waals surface area contributed by atoms with Crippen LogP contribution in [0.15, 0.2) is 29.2 Å². The molecule has 5 nitrogen and oxygen atoms in total. The van der Waals surface area contributed by atoms with Gasteiger partial charge in [-0.2, -0.15) is 0 Å². The molecule has 0 radical (unpaired) electrons. The monoisotopic (exact) mass is 268 g/mol. The van der Waals surface area contributed by atoms with Gasteiger partial charge in [-0.05, 0) is 37.5 Å². The molecule has 1 fully saturated rings. The van der Waals surface area contributed by atoms with Crippen LogP contribution < -0.4 is 5.14 Å². The van der Waals surface area contributed by atoms with Crippen LogP contribution in [0, 0.1) is 0 Å². The van der Waals surface area contributed by atoms with Crippen molar-refractivity contribution in [3.63, 3.8) is 0 Å². The Hall–Kier alpha value is -1.40. The van der Waals surface area contributed by atoms with E-state index in [1.165, 1.54) is 18.2 Å². The summed E-state index contributed by atoms with van der Waals surface area (Å²) in [6.07, 6.45) is 3.14. The molecule has 2 rings (SSSR count). The Bertz CT molecular complexity index is 548. The summed E-state index contributed by atoms with van der Waals surface area (Å²) in [5.41, 5.74) is 0.378. The lowest BCUT2D eigenvalue weighted by Crippen LogP contribution is -2.35. The predicted molar refractivity (Wildman–Crippen MR) is 67.6 cm³/mol. The number of primary sulfonamides is 1. The fourth-order valence-electron chi connectivity index (χ4n) is 2.09. The van der Waals surface area contributed by atoms with Crippen LogP contribution in [-0.4, -0.2) is 32.3 Å². The highest BCUT2D eigenvalue weighted by Crippen LogP contribution is 2.15. The fraction of sp³-hybridized carbons (Fsp3) is 0.417. The first-order valence-corrected chi connectivity index (χ1v) is 7.45. The van der Waals surface area contributed by atoms with Gasteiger partial charge in [-0.3, -0.25) is 4.79 Å². The van der Waals surface area contributed by atoms with E-state index in [1.54, 1.807) is 11.0 Å². The van der Waals surface area contributed by atoms with Gasteiger partial charge in [0.1, 0.15) is 0 Å². The summed E-state index contributed by atoms with van der Waals surface area (Å²) < 4.78 is 22.5. The third kappa shape index (κ3) is 2.88. The van der Waals surface area contributed by atoms with Gasteiger partial charge < -0.3 is 4.90 Å². The average Bonchev–Trinajstić information content (AvgIpc) is 2.38. The largest absolute Gasteiger partial charge is 0.339 e. The van der Waals surface area contributed by atoms with Crippen LogP contribution in [-0.2, 0) is 10.0 Å². The van der Waals surface area contributed by atoms with Crippen molar-refractivity contribution in [3.8, 4) is 0 Å². The molecule has 0 saturated carbocycles. The number of hydrogen-bond donors (Lipinski definition) is 1. The first-order valence-electron chi connectivity index (χ1n) is 5.90. The lowest BCUT2D eigenvalue weighted by molar-refractivity contribution is 0.0724. The van der Waals surface area contributed by atoms with Crippen molar-refractivity contribution < 1.29 is 13.2 Å². The van der Waals surface area contributed by atoms with Gasteiger partial charge in [0.2, 0.25) is 10.0 Å². The molecule has 1 amide bonds. The highest BCUT2D eigenvalue weighted by atomic mass is 32.2. The normalized spacial score (nSPS) is 16.6. The van der Waals surface area contributed by atoms with Crippen LogP contribution in [0.5, 0.6) is 0 Å². The molecule has 98 valence electrons. The second-order valence-corrected chi connectivity index (χ2v) is 5.99. The van der Waals surface area contributed by atoms with Gasteiger partial charge in [0.25, 0.3) is 5.91 Å². The number of nitrogens with zero attached hydrogens (tertiary/aromatic N) is 1. The minimum absolute atomic E-state index is 0.0228. The Balaban J connectivity index is 2.25. The fourth-order valence-corrected chi connectivity index (χ4v) is 2.65. The maximum absolute atomic E-state index is 12.2. The standard InChI is InChI=1S/C12H16N2O3S/c13-18(16,17)11-6-4-5-10(9-11)12(15)14-7-2-1-3-8-14/h4-6,9H,1-3,7-8H2,(H2,13,16,17). The SMILES string of the molecule is NS(=O)(=O)c1cccc(C(=O)N2CCCCC2)c1. The number of nitrogens with two attached hydrogens (primary N) is 1. The maximum atomic E-state index is 12.2. The van der Waals surface area contributed by atoms with E-state index in [2.05, 4.69) is 0 Å². The zero-order valence-electron chi connectivity index (χ0n) is 10.0. The van der Waals surface area contributed by atoms with Gasteiger partial charge >= 0.3 is 0 Å². The van der Waals surface area contributed by atoms with Crippen molar-refractivity contribution in [2.24, 2.45) is 5.14 Å². The minimum atomic E-state index is -3.76. The summed E-state index contributed by atoms with van der Waals surface area (Å²) in [5, 5.41) is 5.05. The number of piperidine rings is 1. The Morgan fingerprint density at radius 1 is 1.17 bits per heavy atom. The van der Waals surface area contributed by atoms with Crippen LogP contribution in [0.25, 0.3) is 0 Å². The molecule has 0 bridgehead atoms. The second-order valence-electron chi connectivity index (χ2n) is 4.43. The number of sulfonamides is 1. The van der Waals surface area contributed by atoms with Gasteiger partial charge in [0, 0.05) is 18.7 Å². The van der Waals surface area contributed by atoms with Crippen molar-refractivity contribution in [2.75, 3.05) is 13.1 Å². The maximum Gasteiger partial charge on any atom is 0.253 e. The molecule has 0 aromatic heterocycles. The van der Waals surface area contributed by atoms with Crippen molar-refractivity contribution in [2.45, 2.75) is 24.2 Å². The Morgan fingerprint density at radius 3 is 2.44 bits per heavy atom. The lowest BCUT2D eigenvalue weighted by atomic mass is 10.1.